The van der Waals surface area contributed by atoms with Crippen molar-refractivity contribution in [2.75, 3.05) is 6.54 Å². The van der Waals surface area contributed by atoms with E-state index in [0.29, 0.717) is 35.3 Å². The number of nitrogens with zero attached hydrogens (tertiary/aromatic N) is 4. The van der Waals surface area contributed by atoms with Crippen LogP contribution in [0.5, 0.6) is 0 Å². The summed E-state index contributed by atoms with van der Waals surface area (Å²) in [6.07, 6.45) is 2.70. The van der Waals surface area contributed by atoms with Crippen LogP contribution in [-0.4, -0.2) is 37.2 Å². The average molecular weight is 369 g/mol. The molecule has 3 aromatic rings. The van der Waals surface area contributed by atoms with Crippen LogP contribution in [0.2, 0.25) is 5.02 Å². The Kier molecular flexibility index (Phi) is 3.56. The topological polar surface area (TPSA) is 88.5 Å². The van der Waals surface area contributed by atoms with Gasteiger partial charge >= 0.3 is 0 Å². The molecule has 4 heterocycles. The van der Waals surface area contributed by atoms with Crippen LogP contribution in [0.25, 0.3) is 11.6 Å². The van der Waals surface area contributed by atoms with E-state index in [1.165, 1.54) is 0 Å². The van der Waals surface area contributed by atoms with Crippen LogP contribution in [0.15, 0.2) is 24.3 Å². The van der Waals surface area contributed by atoms with Gasteiger partial charge in [0.15, 0.2) is 11.6 Å². The van der Waals surface area contributed by atoms with Crippen molar-refractivity contribution >= 4 is 17.5 Å². The van der Waals surface area contributed by atoms with E-state index in [0.717, 1.165) is 36.5 Å². The quantitative estimate of drug-likeness (QED) is 0.726. The Labute approximate surface area is 154 Å². The van der Waals surface area contributed by atoms with Crippen molar-refractivity contribution in [1.29, 1.82) is 0 Å². The van der Waals surface area contributed by atoms with Crippen molar-refractivity contribution < 1.29 is 4.79 Å². The molecule has 26 heavy (non-hydrogen) atoms. The first kappa shape index (κ1) is 15.6. The van der Waals surface area contributed by atoms with E-state index in [1.807, 2.05) is 24.3 Å². The van der Waals surface area contributed by atoms with Crippen molar-refractivity contribution in [2.45, 2.75) is 31.7 Å². The molecule has 7 nitrogen and oxygen atoms in total. The van der Waals surface area contributed by atoms with Gasteiger partial charge in [0.2, 0.25) is 0 Å². The Morgan fingerprint density at radius 1 is 1.19 bits per heavy atom. The highest BCUT2D eigenvalue weighted by Gasteiger charge is 2.28. The number of aryl methyl sites for hydroxylation is 1. The molecule has 0 saturated heterocycles. The summed E-state index contributed by atoms with van der Waals surface area (Å²) in [7, 11) is 0. The Hall–Kier alpha value is -2.67. The van der Waals surface area contributed by atoms with Gasteiger partial charge in [-0.25, -0.2) is 4.98 Å². The largest absolute Gasteiger partial charge is 0.350 e. The number of hydrogen-bond acceptors (Lipinski definition) is 4. The van der Waals surface area contributed by atoms with Crippen LogP contribution in [0.1, 0.15) is 39.9 Å². The third kappa shape index (κ3) is 2.50. The van der Waals surface area contributed by atoms with Gasteiger partial charge in [-0.3, -0.25) is 4.79 Å². The number of H-pyrrole nitrogens is 1. The first-order valence-electron chi connectivity index (χ1n) is 8.74. The number of fused-ring (bicyclic) bond motifs is 2. The fourth-order valence-corrected chi connectivity index (χ4v) is 3.89. The molecule has 0 spiro atoms. The molecule has 0 aliphatic carbocycles. The second-order valence-corrected chi connectivity index (χ2v) is 7.21. The Bertz CT molecular complexity index is 990. The first-order chi connectivity index (χ1) is 12.7. The number of benzene rings is 1. The highest BCUT2D eigenvalue weighted by Crippen LogP contribution is 2.28. The third-order valence-electron chi connectivity index (χ3n) is 5.12. The minimum Gasteiger partial charge on any atom is -0.350 e. The molecule has 2 aliphatic rings. The summed E-state index contributed by atoms with van der Waals surface area (Å²) >= 11 is 5.99. The lowest BCUT2D eigenvalue weighted by Crippen LogP contribution is -2.26. The van der Waals surface area contributed by atoms with Gasteiger partial charge in [0.25, 0.3) is 5.91 Å². The van der Waals surface area contributed by atoms with Crippen molar-refractivity contribution in [3.05, 3.63) is 52.1 Å². The summed E-state index contributed by atoms with van der Waals surface area (Å²) in [5.41, 5.74) is 2.43. The van der Waals surface area contributed by atoms with Crippen LogP contribution in [0, 0.1) is 0 Å². The number of amides is 1. The fourth-order valence-electron chi connectivity index (χ4n) is 3.77. The zero-order valence-corrected chi connectivity index (χ0v) is 14.8. The van der Waals surface area contributed by atoms with Crippen LogP contribution < -0.4 is 5.32 Å². The van der Waals surface area contributed by atoms with Crippen LogP contribution in [-0.2, 0) is 19.4 Å². The smallest absolute Gasteiger partial charge is 0.271 e. The van der Waals surface area contributed by atoms with E-state index in [-0.39, 0.29) is 11.8 Å². The summed E-state index contributed by atoms with van der Waals surface area (Å²) in [5, 5.41) is 12.2. The van der Waals surface area contributed by atoms with Gasteiger partial charge in [-0.05, 0) is 30.5 Å². The number of halogens is 1. The average Bonchev–Trinajstić information content (AvgIpc) is 3.32. The summed E-state index contributed by atoms with van der Waals surface area (Å²) in [4.78, 5) is 20.4. The molecular weight excluding hydrogens is 352 g/mol. The molecular formula is C18H17ClN6O. The van der Waals surface area contributed by atoms with E-state index < -0.39 is 0 Å². The first-order valence-corrected chi connectivity index (χ1v) is 9.12. The molecule has 0 saturated carbocycles. The molecule has 1 aromatic carbocycles. The molecule has 1 atom stereocenters. The third-order valence-corrected chi connectivity index (χ3v) is 5.37. The Balaban J connectivity index is 1.51. The second kappa shape index (κ2) is 5.95. The molecule has 2 N–H and O–H groups in total. The van der Waals surface area contributed by atoms with Gasteiger partial charge in [-0.15, -0.1) is 10.2 Å². The maximum atomic E-state index is 12.5. The molecule has 5 rings (SSSR count). The summed E-state index contributed by atoms with van der Waals surface area (Å²) < 4.78 is 2.08. The molecule has 2 aliphatic heterocycles. The zero-order valence-electron chi connectivity index (χ0n) is 14.0. The van der Waals surface area contributed by atoms with E-state index in [9.17, 15) is 4.79 Å². The number of aromatic nitrogens is 5. The lowest BCUT2D eigenvalue weighted by Gasteiger charge is -2.14. The lowest BCUT2D eigenvalue weighted by molar-refractivity contribution is 0.0950. The normalized spacial score (nSPS) is 19.0. The van der Waals surface area contributed by atoms with Gasteiger partial charge in [0.1, 0.15) is 11.5 Å². The SMILES string of the molecule is O=C1NC[C@@H](c2ccc(Cl)cc2)Cc2[nH]c(-c3nnc4n3CCC4)nc21. The van der Waals surface area contributed by atoms with Gasteiger partial charge in [0, 0.05) is 36.1 Å². The van der Waals surface area contributed by atoms with Gasteiger partial charge < -0.3 is 14.9 Å². The number of carbonyl (C=O) groups excluding carboxylic acids is 1. The van der Waals surface area contributed by atoms with Gasteiger partial charge in [-0.2, -0.15) is 0 Å². The van der Waals surface area contributed by atoms with Crippen LogP contribution in [0.4, 0.5) is 0 Å². The van der Waals surface area contributed by atoms with Crippen molar-refractivity contribution in [3.63, 3.8) is 0 Å². The van der Waals surface area contributed by atoms with E-state index >= 15 is 0 Å². The highest BCUT2D eigenvalue weighted by atomic mass is 35.5. The standard InChI is InChI=1S/C18H17ClN6O/c19-12-5-3-10(4-6-12)11-8-13-15(18(26)20-9-11)22-16(21-13)17-24-23-14-2-1-7-25(14)17/h3-6,11H,1-2,7-9H2,(H,20,26)(H,21,22)/t11-/m0/s1. The minimum absolute atomic E-state index is 0.153. The molecule has 132 valence electrons. The molecule has 8 heteroatoms. The number of hydrogen-bond donors (Lipinski definition) is 2. The van der Waals surface area contributed by atoms with Crippen LogP contribution in [0.3, 0.4) is 0 Å². The number of imidazole rings is 1. The van der Waals surface area contributed by atoms with Gasteiger partial charge in [-0.1, -0.05) is 23.7 Å². The number of aromatic amines is 1. The van der Waals surface area contributed by atoms with Crippen molar-refractivity contribution in [3.8, 4) is 11.6 Å². The highest BCUT2D eigenvalue weighted by molar-refractivity contribution is 6.30. The molecule has 0 bridgehead atoms. The number of nitrogens with one attached hydrogen (secondary N) is 2. The zero-order chi connectivity index (χ0) is 17.7. The predicted molar refractivity (Wildman–Crippen MR) is 96.2 cm³/mol. The summed E-state index contributed by atoms with van der Waals surface area (Å²) in [6.45, 7) is 1.46. The maximum Gasteiger partial charge on any atom is 0.271 e. The molecule has 2 aromatic heterocycles. The summed E-state index contributed by atoms with van der Waals surface area (Å²) in [6, 6.07) is 7.77. The Morgan fingerprint density at radius 3 is 2.88 bits per heavy atom. The van der Waals surface area contributed by atoms with E-state index in [4.69, 9.17) is 11.6 Å². The fraction of sp³-hybridized carbons (Fsp3) is 0.333. The molecule has 0 unspecified atom stereocenters. The predicted octanol–water partition coefficient (Wildman–Crippen LogP) is 2.34. The van der Waals surface area contributed by atoms with Gasteiger partial charge in [0.05, 0.1) is 0 Å². The van der Waals surface area contributed by atoms with Crippen LogP contribution >= 0.6 is 11.6 Å². The molecule has 0 radical (unpaired) electrons. The lowest BCUT2D eigenvalue weighted by atomic mass is 9.94. The number of rotatable bonds is 2. The monoisotopic (exact) mass is 368 g/mol. The Morgan fingerprint density at radius 2 is 2.04 bits per heavy atom. The summed E-state index contributed by atoms with van der Waals surface area (Å²) in [5.74, 6) is 2.31. The molecule has 1 amide bonds. The second-order valence-electron chi connectivity index (χ2n) is 6.77. The minimum atomic E-state index is -0.153. The molecule has 0 fully saturated rings. The van der Waals surface area contributed by atoms with E-state index in [2.05, 4.69) is 30.0 Å². The number of carbonyl (C=O) groups is 1. The van der Waals surface area contributed by atoms with Crippen molar-refractivity contribution in [1.82, 2.24) is 30.0 Å². The maximum absolute atomic E-state index is 12.5. The van der Waals surface area contributed by atoms with Crippen molar-refractivity contribution in [2.24, 2.45) is 0 Å². The van der Waals surface area contributed by atoms with E-state index in [1.54, 1.807) is 0 Å².